The van der Waals surface area contributed by atoms with Crippen LogP contribution in [-0.2, 0) is 9.59 Å². The molecule has 0 radical (unpaired) electrons. The number of benzene rings is 1. The van der Waals surface area contributed by atoms with Crippen LogP contribution < -0.4 is 4.90 Å². The SMILES string of the molecule is N#Cc1ccc(N2CCN(CC(=O)O)C(=O)C2)cc1. The fourth-order valence-electron chi connectivity index (χ4n) is 2.01. The highest BCUT2D eigenvalue weighted by molar-refractivity contribution is 5.86. The molecule has 0 atom stereocenters. The average Bonchev–Trinajstić information content (AvgIpc) is 2.41. The van der Waals surface area contributed by atoms with Gasteiger partial charge in [0, 0.05) is 18.8 Å². The number of hydrogen-bond donors (Lipinski definition) is 1. The minimum atomic E-state index is -1.000. The van der Waals surface area contributed by atoms with Gasteiger partial charge < -0.3 is 14.9 Å². The fraction of sp³-hybridized carbons (Fsp3) is 0.308. The molecule has 0 spiro atoms. The van der Waals surface area contributed by atoms with E-state index in [4.69, 9.17) is 10.4 Å². The lowest BCUT2D eigenvalue weighted by atomic mass is 10.2. The van der Waals surface area contributed by atoms with Crippen LogP contribution in [-0.4, -0.2) is 48.1 Å². The monoisotopic (exact) mass is 259 g/mol. The summed E-state index contributed by atoms with van der Waals surface area (Å²) in [7, 11) is 0. The molecule has 1 saturated heterocycles. The van der Waals surface area contributed by atoms with E-state index in [1.165, 1.54) is 4.90 Å². The van der Waals surface area contributed by atoms with Crippen molar-refractivity contribution in [2.75, 3.05) is 31.1 Å². The molecule has 0 aliphatic carbocycles. The van der Waals surface area contributed by atoms with Crippen molar-refractivity contribution in [1.82, 2.24) is 4.90 Å². The number of carboxylic acids is 1. The molecule has 0 unspecified atom stereocenters. The second kappa shape index (κ2) is 5.40. The normalized spacial score (nSPS) is 15.2. The van der Waals surface area contributed by atoms with Crippen LogP contribution in [0.5, 0.6) is 0 Å². The number of hydrogen-bond acceptors (Lipinski definition) is 4. The van der Waals surface area contributed by atoms with E-state index in [1.807, 2.05) is 11.0 Å². The van der Waals surface area contributed by atoms with E-state index in [1.54, 1.807) is 24.3 Å². The predicted molar refractivity (Wildman–Crippen MR) is 67.6 cm³/mol. The van der Waals surface area contributed by atoms with Gasteiger partial charge in [-0.25, -0.2) is 0 Å². The summed E-state index contributed by atoms with van der Waals surface area (Å²) in [6, 6.07) is 9.01. The standard InChI is InChI=1S/C13H13N3O3/c14-7-10-1-3-11(4-2-10)15-5-6-16(9-13(18)19)12(17)8-15/h1-4H,5-6,8-9H2,(H,18,19). The van der Waals surface area contributed by atoms with Gasteiger partial charge in [-0.15, -0.1) is 0 Å². The lowest BCUT2D eigenvalue weighted by molar-refractivity contribution is -0.144. The fourth-order valence-corrected chi connectivity index (χ4v) is 2.01. The van der Waals surface area contributed by atoms with E-state index >= 15 is 0 Å². The summed E-state index contributed by atoms with van der Waals surface area (Å²) in [5.74, 6) is -1.20. The van der Waals surface area contributed by atoms with Gasteiger partial charge in [-0.2, -0.15) is 5.26 Å². The Balaban J connectivity index is 2.03. The Morgan fingerprint density at radius 2 is 2.00 bits per heavy atom. The Morgan fingerprint density at radius 1 is 1.32 bits per heavy atom. The molecule has 1 aliphatic heterocycles. The van der Waals surface area contributed by atoms with Crippen LogP contribution >= 0.6 is 0 Å². The Morgan fingerprint density at radius 3 is 2.53 bits per heavy atom. The highest BCUT2D eigenvalue weighted by Gasteiger charge is 2.25. The molecule has 6 nitrogen and oxygen atoms in total. The van der Waals surface area contributed by atoms with Gasteiger partial charge >= 0.3 is 5.97 Å². The lowest BCUT2D eigenvalue weighted by Gasteiger charge is -2.34. The molecular formula is C13H13N3O3. The van der Waals surface area contributed by atoms with Gasteiger partial charge in [-0.1, -0.05) is 0 Å². The molecule has 1 aliphatic rings. The van der Waals surface area contributed by atoms with Crippen molar-refractivity contribution in [2.24, 2.45) is 0 Å². The molecule has 0 saturated carbocycles. The third-order valence-corrected chi connectivity index (χ3v) is 3.01. The summed E-state index contributed by atoms with van der Waals surface area (Å²) in [5.41, 5.74) is 1.43. The summed E-state index contributed by atoms with van der Waals surface area (Å²) in [6.45, 7) is 0.898. The van der Waals surface area contributed by atoms with Crippen LogP contribution in [0.1, 0.15) is 5.56 Å². The summed E-state index contributed by atoms with van der Waals surface area (Å²) in [5, 5.41) is 17.4. The molecule has 2 rings (SSSR count). The summed E-state index contributed by atoms with van der Waals surface area (Å²) < 4.78 is 0. The number of aliphatic carboxylic acids is 1. The summed E-state index contributed by atoms with van der Waals surface area (Å²) in [6.07, 6.45) is 0. The zero-order valence-electron chi connectivity index (χ0n) is 10.2. The van der Waals surface area contributed by atoms with Gasteiger partial charge in [0.1, 0.15) is 6.54 Å². The summed E-state index contributed by atoms with van der Waals surface area (Å²) >= 11 is 0. The van der Waals surface area contributed by atoms with E-state index < -0.39 is 5.97 Å². The third kappa shape index (κ3) is 3.01. The van der Waals surface area contributed by atoms with Crippen LogP contribution in [0.3, 0.4) is 0 Å². The molecule has 98 valence electrons. The highest BCUT2D eigenvalue weighted by atomic mass is 16.4. The van der Waals surface area contributed by atoms with Crippen LogP contribution in [0.15, 0.2) is 24.3 Å². The highest BCUT2D eigenvalue weighted by Crippen LogP contribution is 2.17. The minimum Gasteiger partial charge on any atom is -0.480 e. The van der Waals surface area contributed by atoms with Gasteiger partial charge in [0.2, 0.25) is 5.91 Å². The Kier molecular flexibility index (Phi) is 3.66. The van der Waals surface area contributed by atoms with Crippen molar-refractivity contribution < 1.29 is 14.7 Å². The van der Waals surface area contributed by atoms with Crippen LogP contribution in [0, 0.1) is 11.3 Å². The van der Waals surface area contributed by atoms with Gasteiger partial charge in [0.15, 0.2) is 0 Å². The summed E-state index contributed by atoms with van der Waals surface area (Å²) in [4.78, 5) is 25.6. The molecule has 0 aromatic heterocycles. The van der Waals surface area contributed by atoms with Crippen LogP contribution in [0.4, 0.5) is 5.69 Å². The Hall–Kier alpha value is -2.55. The molecule has 6 heteroatoms. The Bertz CT molecular complexity index is 533. The number of anilines is 1. The number of carboxylic acid groups (broad SMARTS) is 1. The molecule has 1 heterocycles. The first-order valence-corrected chi connectivity index (χ1v) is 5.85. The van der Waals surface area contributed by atoms with E-state index in [9.17, 15) is 9.59 Å². The van der Waals surface area contributed by atoms with Gasteiger partial charge in [0.05, 0.1) is 18.2 Å². The number of amides is 1. The van der Waals surface area contributed by atoms with Crippen molar-refractivity contribution >= 4 is 17.6 Å². The third-order valence-electron chi connectivity index (χ3n) is 3.01. The van der Waals surface area contributed by atoms with E-state index in [0.717, 1.165) is 5.69 Å². The Labute approximate surface area is 110 Å². The molecule has 1 fully saturated rings. The van der Waals surface area contributed by atoms with Crippen molar-refractivity contribution in [2.45, 2.75) is 0 Å². The largest absolute Gasteiger partial charge is 0.480 e. The van der Waals surface area contributed by atoms with Crippen molar-refractivity contribution in [1.29, 1.82) is 5.26 Å². The topological polar surface area (TPSA) is 84.6 Å². The molecule has 19 heavy (non-hydrogen) atoms. The average molecular weight is 259 g/mol. The van der Waals surface area contributed by atoms with Crippen LogP contribution in [0.2, 0.25) is 0 Å². The number of rotatable bonds is 3. The first kappa shape index (κ1) is 12.9. The number of carbonyl (C=O) groups excluding carboxylic acids is 1. The lowest BCUT2D eigenvalue weighted by Crippen LogP contribution is -2.51. The maximum Gasteiger partial charge on any atom is 0.323 e. The number of carbonyl (C=O) groups is 2. The second-order valence-electron chi connectivity index (χ2n) is 4.29. The molecule has 0 bridgehead atoms. The van der Waals surface area contributed by atoms with Gasteiger partial charge in [-0.05, 0) is 24.3 Å². The molecular weight excluding hydrogens is 246 g/mol. The number of nitriles is 1. The molecule has 1 N–H and O–H groups in total. The molecule has 1 aromatic carbocycles. The van der Waals surface area contributed by atoms with Crippen molar-refractivity contribution in [3.63, 3.8) is 0 Å². The first-order valence-electron chi connectivity index (χ1n) is 5.85. The number of nitrogens with zero attached hydrogens (tertiary/aromatic N) is 3. The second-order valence-corrected chi connectivity index (χ2v) is 4.29. The first-order chi connectivity index (χ1) is 9.10. The molecule has 1 amide bonds. The van der Waals surface area contributed by atoms with Gasteiger partial charge in [-0.3, -0.25) is 9.59 Å². The maximum absolute atomic E-state index is 11.8. The van der Waals surface area contributed by atoms with Gasteiger partial charge in [0.25, 0.3) is 0 Å². The predicted octanol–water partition coefficient (Wildman–Crippen LogP) is 0.291. The van der Waals surface area contributed by atoms with E-state index in [2.05, 4.69) is 0 Å². The maximum atomic E-state index is 11.8. The quantitative estimate of drug-likeness (QED) is 0.843. The zero-order valence-corrected chi connectivity index (χ0v) is 10.2. The van der Waals surface area contributed by atoms with Crippen molar-refractivity contribution in [3.8, 4) is 6.07 Å². The minimum absolute atomic E-state index is 0.166. The zero-order chi connectivity index (χ0) is 13.8. The van der Waals surface area contributed by atoms with Crippen LogP contribution in [0.25, 0.3) is 0 Å². The van der Waals surface area contributed by atoms with E-state index in [0.29, 0.717) is 18.7 Å². The van der Waals surface area contributed by atoms with E-state index in [-0.39, 0.29) is 19.0 Å². The molecule has 1 aromatic rings. The van der Waals surface area contributed by atoms with Crippen molar-refractivity contribution in [3.05, 3.63) is 29.8 Å². The number of piperazine rings is 1. The smallest absolute Gasteiger partial charge is 0.323 e.